The molecule has 0 spiro atoms. The molecule has 0 aliphatic rings. The summed E-state index contributed by atoms with van der Waals surface area (Å²) in [5.41, 5.74) is -0.603. The third-order valence-electron chi connectivity index (χ3n) is 3.21. The molecule has 4 nitrogen and oxygen atoms in total. The van der Waals surface area contributed by atoms with Gasteiger partial charge in [-0.25, -0.2) is 0 Å². The maximum atomic E-state index is 12.2. The number of aliphatic hydroxyl groups is 1. The first kappa shape index (κ1) is 18.3. The lowest BCUT2D eigenvalue weighted by atomic mass is 9.83. The van der Waals surface area contributed by atoms with Gasteiger partial charge >= 0.3 is 0 Å². The molecule has 22 heavy (non-hydrogen) atoms. The largest absolute Gasteiger partial charge is 0.510 e. The molecule has 0 heterocycles. The first-order chi connectivity index (χ1) is 10.2. The van der Waals surface area contributed by atoms with Crippen LogP contribution >= 0.6 is 23.2 Å². The Morgan fingerprint density at radius 1 is 1.32 bits per heavy atom. The topological polar surface area (TPSA) is 73.1 Å². The number of allylic oxidation sites excluding steroid dienone is 1. The number of amides is 1. The van der Waals surface area contributed by atoms with Crippen molar-refractivity contribution in [2.45, 2.75) is 33.6 Å². The van der Waals surface area contributed by atoms with E-state index < -0.39 is 11.3 Å². The monoisotopic (exact) mass is 340 g/mol. The molecule has 1 aromatic rings. The number of carbonyl (C=O) groups is 1. The van der Waals surface area contributed by atoms with Gasteiger partial charge < -0.3 is 10.4 Å². The second-order valence-corrected chi connectivity index (χ2v) is 6.45. The average molecular weight is 341 g/mol. The highest BCUT2D eigenvalue weighted by atomic mass is 35.5. The number of nitriles is 1. The minimum atomic E-state index is -0.692. The number of hydrogen-bond acceptors (Lipinski definition) is 3. The summed E-state index contributed by atoms with van der Waals surface area (Å²) in [6.07, 6.45) is 1.47. The van der Waals surface area contributed by atoms with E-state index in [9.17, 15) is 15.2 Å². The van der Waals surface area contributed by atoms with Gasteiger partial charge in [-0.2, -0.15) is 5.26 Å². The summed E-state index contributed by atoms with van der Waals surface area (Å²) in [5.74, 6) is -0.912. The summed E-state index contributed by atoms with van der Waals surface area (Å²) in [6.45, 7) is 5.54. The number of aliphatic hydroxyl groups excluding tert-OH is 1. The van der Waals surface area contributed by atoms with E-state index in [-0.39, 0.29) is 11.3 Å². The zero-order valence-corrected chi connectivity index (χ0v) is 14.2. The third-order valence-corrected chi connectivity index (χ3v) is 3.65. The van der Waals surface area contributed by atoms with Crippen molar-refractivity contribution in [3.8, 4) is 6.07 Å². The number of carbonyl (C=O) groups excluding carboxylic acids is 1. The van der Waals surface area contributed by atoms with Crippen molar-refractivity contribution >= 4 is 34.8 Å². The van der Waals surface area contributed by atoms with Crippen LogP contribution in [0.4, 0.5) is 5.69 Å². The van der Waals surface area contributed by atoms with Crippen LogP contribution in [0.2, 0.25) is 10.0 Å². The summed E-state index contributed by atoms with van der Waals surface area (Å²) in [4.78, 5) is 12.2. The number of hydrogen-bond donors (Lipinski definition) is 2. The predicted molar refractivity (Wildman–Crippen MR) is 89.0 cm³/mol. The Morgan fingerprint density at radius 2 is 1.86 bits per heavy atom. The second kappa shape index (κ2) is 7.53. The molecule has 2 N–H and O–H groups in total. The van der Waals surface area contributed by atoms with E-state index in [2.05, 4.69) is 5.32 Å². The van der Waals surface area contributed by atoms with Crippen LogP contribution in [0.15, 0.2) is 29.5 Å². The standard InChI is InChI=1S/C16H18Cl2N2O2/c1-4-5-16(2,3)14(21)13(9-19)15(22)20-12-7-10(17)6-11(18)8-12/h6-8,21H,4-5H2,1-3H3,(H,20,22)/b14-13-. The van der Waals surface area contributed by atoms with Crippen molar-refractivity contribution in [2.24, 2.45) is 5.41 Å². The normalized spacial score (nSPS) is 12.4. The van der Waals surface area contributed by atoms with E-state index >= 15 is 0 Å². The van der Waals surface area contributed by atoms with E-state index in [4.69, 9.17) is 23.2 Å². The molecule has 0 saturated heterocycles. The van der Waals surface area contributed by atoms with Crippen molar-refractivity contribution in [1.29, 1.82) is 5.26 Å². The summed E-state index contributed by atoms with van der Waals surface area (Å²) in [5, 5.41) is 22.7. The molecular formula is C16H18Cl2N2O2. The van der Waals surface area contributed by atoms with Crippen LogP contribution in [0.1, 0.15) is 33.6 Å². The Labute approximate surface area is 140 Å². The molecule has 0 atom stereocenters. The summed E-state index contributed by atoms with van der Waals surface area (Å²) < 4.78 is 0. The van der Waals surface area contributed by atoms with Gasteiger partial charge in [0.25, 0.3) is 5.91 Å². The van der Waals surface area contributed by atoms with Gasteiger partial charge in [0.15, 0.2) is 5.57 Å². The first-order valence-corrected chi connectivity index (χ1v) is 7.58. The number of rotatable bonds is 5. The SMILES string of the molecule is CCCC(C)(C)/C(O)=C(\C#N)C(=O)Nc1cc(Cl)cc(Cl)c1. The molecule has 0 unspecified atom stereocenters. The molecule has 0 bridgehead atoms. The van der Waals surface area contributed by atoms with E-state index in [1.807, 2.05) is 6.92 Å². The van der Waals surface area contributed by atoms with E-state index in [1.54, 1.807) is 19.9 Å². The lowest BCUT2D eigenvalue weighted by Gasteiger charge is -2.24. The number of benzene rings is 1. The van der Waals surface area contributed by atoms with Gasteiger partial charge in [-0.15, -0.1) is 0 Å². The summed E-state index contributed by atoms with van der Waals surface area (Å²) >= 11 is 11.7. The lowest BCUT2D eigenvalue weighted by Crippen LogP contribution is -2.22. The Hall–Kier alpha value is -1.70. The highest BCUT2D eigenvalue weighted by Crippen LogP contribution is 2.32. The van der Waals surface area contributed by atoms with Crippen LogP contribution in [-0.2, 0) is 4.79 Å². The minimum absolute atomic E-state index is 0.220. The third kappa shape index (κ3) is 4.66. The first-order valence-electron chi connectivity index (χ1n) is 6.82. The summed E-state index contributed by atoms with van der Waals surface area (Å²) in [6, 6.07) is 6.31. The smallest absolute Gasteiger partial charge is 0.269 e. The number of halogens is 2. The van der Waals surface area contributed by atoms with Crippen molar-refractivity contribution in [3.05, 3.63) is 39.6 Å². The number of nitrogens with zero attached hydrogens (tertiary/aromatic N) is 1. The molecule has 0 aliphatic carbocycles. The fraction of sp³-hybridized carbons (Fsp3) is 0.375. The van der Waals surface area contributed by atoms with Crippen molar-refractivity contribution < 1.29 is 9.90 Å². The number of anilines is 1. The van der Waals surface area contributed by atoms with Crippen LogP contribution in [-0.4, -0.2) is 11.0 Å². The summed E-state index contributed by atoms with van der Waals surface area (Å²) in [7, 11) is 0. The van der Waals surface area contributed by atoms with Crippen LogP contribution in [0.5, 0.6) is 0 Å². The van der Waals surface area contributed by atoms with Gasteiger partial charge in [0.1, 0.15) is 11.8 Å². The Kier molecular flexibility index (Phi) is 6.28. The van der Waals surface area contributed by atoms with E-state index in [0.29, 0.717) is 22.2 Å². The minimum Gasteiger partial charge on any atom is -0.510 e. The van der Waals surface area contributed by atoms with Crippen molar-refractivity contribution in [2.75, 3.05) is 5.32 Å². The van der Waals surface area contributed by atoms with Gasteiger partial charge in [-0.1, -0.05) is 50.4 Å². The molecule has 6 heteroatoms. The van der Waals surface area contributed by atoms with Gasteiger partial charge in [-0.3, -0.25) is 4.79 Å². The molecule has 0 radical (unpaired) electrons. The molecule has 1 amide bonds. The van der Waals surface area contributed by atoms with Gasteiger partial charge in [0.2, 0.25) is 0 Å². The average Bonchev–Trinajstić information content (AvgIpc) is 2.37. The lowest BCUT2D eigenvalue weighted by molar-refractivity contribution is -0.112. The zero-order chi connectivity index (χ0) is 16.9. The van der Waals surface area contributed by atoms with Gasteiger partial charge in [-0.05, 0) is 24.6 Å². The van der Waals surface area contributed by atoms with Crippen molar-refractivity contribution in [1.82, 2.24) is 0 Å². The van der Waals surface area contributed by atoms with Crippen LogP contribution < -0.4 is 5.32 Å². The Bertz CT molecular complexity index is 626. The Morgan fingerprint density at radius 3 is 2.32 bits per heavy atom. The molecule has 0 fully saturated rings. The van der Waals surface area contributed by atoms with E-state index in [0.717, 1.165) is 6.42 Å². The fourth-order valence-electron chi connectivity index (χ4n) is 2.11. The maximum absolute atomic E-state index is 12.2. The molecule has 0 aliphatic heterocycles. The fourth-order valence-corrected chi connectivity index (χ4v) is 2.64. The highest BCUT2D eigenvalue weighted by molar-refractivity contribution is 6.35. The molecule has 0 aromatic heterocycles. The van der Waals surface area contributed by atoms with Gasteiger partial charge in [0, 0.05) is 21.1 Å². The quantitative estimate of drug-likeness (QED) is 0.445. The molecule has 1 rings (SSSR count). The molecular weight excluding hydrogens is 323 g/mol. The highest BCUT2D eigenvalue weighted by Gasteiger charge is 2.28. The zero-order valence-electron chi connectivity index (χ0n) is 12.7. The predicted octanol–water partition coefficient (Wildman–Crippen LogP) is 5.09. The number of nitrogens with one attached hydrogen (secondary N) is 1. The maximum Gasteiger partial charge on any atom is 0.269 e. The molecule has 1 aromatic carbocycles. The van der Waals surface area contributed by atoms with Crippen LogP contribution in [0.25, 0.3) is 0 Å². The Balaban J connectivity index is 3.10. The van der Waals surface area contributed by atoms with E-state index in [1.165, 1.54) is 18.2 Å². The molecule has 0 saturated carbocycles. The van der Waals surface area contributed by atoms with Gasteiger partial charge in [0.05, 0.1) is 0 Å². The molecule has 118 valence electrons. The second-order valence-electron chi connectivity index (χ2n) is 5.58. The van der Waals surface area contributed by atoms with Crippen LogP contribution in [0.3, 0.4) is 0 Å². The van der Waals surface area contributed by atoms with Crippen LogP contribution in [0, 0.1) is 16.7 Å². The van der Waals surface area contributed by atoms with Crippen molar-refractivity contribution in [3.63, 3.8) is 0 Å².